The average molecular weight is 477 g/mol. The molecule has 8 nitrogen and oxygen atoms in total. The summed E-state index contributed by atoms with van der Waals surface area (Å²) in [5, 5.41) is 10.5. The van der Waals surface area contributed by atoms with Gasteiger partial charge in [0.15, 0.2) is 17.3 Å². The standard InChI is InChI=1S/C22H20O8S2/c1-14-4-8-17(9-5-14)31(25,26)29-20-13-12-19(16(3)23)21(24)22(20)30-32(27,28)18-10-6-15(2)7-11-18/h4-13,24H,1-3H3. The molecule has 0 aliphatic carbocycles. The largest absolute Gasteiger partial charge is 0.504 e. The van der Waals surface area contributed by atoms with Gasteiger partial charge < -0.3 is 13.5 Å². The van der Waals surface area contributed by atoms with Crippen molar-refractivity contribution in [3.05, 3.63) is 77.4 Å². The third-order valence-corrected chi connectivity index (χ3v) is 6.97. The zero-order chi connectivity index (χ0) is 23.7. The Hall–Kier alpha value is -3.37. The monoisotopic (exact) mass is 476 g/mol. The van der Waals surface area contributed by atoms with Gasteiger partial charge in [-0.1, -0.05) is 35.4 Å². The number of phenols is 1. The van der Waals surface area contributed by atoms with Gasteiger partial charge in [-0.2, -0.15) is 16.8 Å². The van der Waals surface area contributed by atoms with Gasteiger partial charge in [0.05, 0.1) is 5.56 Å². The fourth-order valence-corrected chi connectivity index (χ4v) is 4.60. The summed E-state index contributed by atoms with van der Waals surface area (Å²) in [6.07, 6.45) is 0. The van der Waals surface area contributed by atoms with Gasteiger partial charge in [-0.15, -0.1) is 0 Å². The number of aromatic hydroxyl groups is 1. The van der Waals surface area contributed by atoms with Gasteiger partial charge in [0.2, 0.25) is 5.75 Å². The first-order valence-electron chi connectivity index (χ1n) is 9.30. The van der Waals surface area contributed by atoms with Crippen LogP contribution in [0.3, 0.4) is 0 Å². The molecule has 0 aliphatic heterocycles. The lowest BCUT2D eigenvalue weighted by Gasteiger charge is -2.15. The summed E-state index contributed by atoms with van der Waals surface area (Å²) in [5.41, 5.74) is 1.36. The van der Waals surface area contributed by atoms with E-state index in [1.165, 1.54) is 24.3 Å². The number of carbonyl (C=O) groups is 1. The Morgan fingerprint density at radius 3 is 1.59 bits per heavy atom. The highest BCUT2D eigenvalue weighted by Gasteiger charge is 2.28. The van der Waals surface area contributed by atoms with Crippen molar-refractivity contribution >= 4 is 26.0 Å². The van der Waals surface area contributed by atoms with Crippen LogP contribution in [0.25, 0.3) is 0 Å². The van der Waals surface area contributed by atoms with Crippen LogP contribution in [-0.2, 0) is 20.2 Å². The van der Waals surface area contributed by atoms with Gasteiger partial charge in [0.1, 0.15) is 9.79 Å². The molecule has 10 heteroatoms. The van der Waals surface area contributed by atoms with Gasteiger partial charge in [-0.25, -0.2) is 0 Å². The van der Waals surface area contributed by atoms with Gasteiger partial charge in [-0.3, -0.25) is 4.79 Å². The van der Waals surface area contributed by atoms with E-state index in [4.69, 9.17) is 8.37 Å². The molecule has 3 rings (SSSR count). The molecule has 32 heavy (non-hydrogen) atoms. The summed E-state index contributed by atoms with van der Waals surface area (Å²) in [6.45, 7) is 4.69. The molecule has 0 heterocycles. The maximum absolute atomic E-state index is 12.7. The number of carbonyl (C=O) groups excluding carboxylic acids is 1. The first-order valence-corrected chi connectivity index (χ1v) is 12.1. The second kappa shape index (κ2) is 8.64. The highest BCUT2D eigenvalue weighted by atomic mass is 32.2. The van der Waals surface area contributed by atoms with Crippen molar-refractivity contribution in [2.75, 3.05) is 0 Å². The molecule has 1 N–H and O–H groups in total. The van der Waals surface area contributed by atoms with Crippen molar-refractivity contribution in [3.8, 4) is 17.2 Å². The first-order chi connectivity index (χ1) is 14.9. The Bertz CT molecular complexity index is 1370. The fourth-order valence-electron chi connectivity index (χ4n) is 2.72. The van der Waals surface area contributed by atoms with E-state index in [1.54, 1.807) is 38.1 Å². The molecule has 0 fully saturated rings. The zero-order valence-electron chi connectivity index (χ0n) is 17.4. The normalized spacial score (nSPS) is 11.7. The summed E-state index contributed by atoms with van der Waals surface area (Å²) in [4.78, 5) is 11.4. The number of Topliss-reactive ketones (excluding diaryl/α,β-unsaturated/α-hetero) is 1. The molecular weight excluding hydrogens is 456 g/mol. The van der Waals surface area contributed by atoms with E-state index in [9.17, 15) is 26.7 Å². The van der Waals surface area contributed by atoms with E-state index >= 15 is 0 Å². The summed E-state index contributed by atoms with van der Waals surface area (Å²) >= 11 is 0. The number of aryl methyl sites for hydroxylation is 2. The minimum atomic E-state index is -4.49. The van der Waals surface area contributed by atoms with E-state index in [-0.39, 0.29) is 15.4 Å². The number of hydrogen-bond donors (Lipinski definition) is 1. The van der Waals surface area contributed by atoms with E-state index in [1.807, 2.05) is 0 Å². The fraction of sp³-hybridized carbons (Fsp3) is 0.136. The average Bonchev–Trinajstić information content (AvgIpc) is 2.71. The van der Waals surface area contributed by atoms with Crippen LogP contribution in [0.1, 0.15) is 28.4 Å². The summed E-state index contributed by atoms with van der Waals surface area (Å²) in [7, 11) is -8.89. The number of rotatable bonds is 7. The van der Waals surface area contributed by atoms with Crippen LogP contribution in [0, 0.1) is 13.8 Å². The van der Waals surface area contributed by atoms with Crippen LogP contribution in [-0.4, -0.2) is 27.7 Å². The molecule has 168 valence electrons. The van der Waals surface area contributed by atoms with Crippen LogP contribution >= 0.6 is 0 Å². The lowest BCUT2D eigenvalue weighted by molar-refractivity contribution is 0.101. The molecule has 0 atom stereocenters. The molecule has 3 aromatic carbocycles. The number of phenolic OH excluding ortho intramolecular Hbond substituents is 1. The van der Waals surface area contributed by atoms with Crippen molar-refractivity contribution in [2.45, 2.75) is 30.6 Å². The van der Waals surface area contributed by atoms with Gasteiger partial charge >= 0.3 is 20.2 Å². The molecule has 0 saturated carbocycles. The second-order valence-corrected chi connectivity index (χ2v) is 10.1. The van der Waals surface area contributed by atoms with Crippen LogP contribution in [0.4, 0.5) is 0 Å². The van der Waals surface area contributed by atoms with Crippen molar-refractivity contribution in [1.82, 2.24) is 0 Å². The quantitative estimate of drug-likeness (QED) is 0.404. The predicted molar refractivity (Wildman–Crippen MR) is 116 cm³/mol. The molecule has 0 spiro atoms. The topological polar surface area (TPSA) is 124 Å². The molecule has 0 unspecified atom stereocenters. The Morgan fingerprint density at radius 1 is 0.719 bits per heavy atom. The summed E-state index contributed by atoms with van der Waals surface area (Å²) in [6, 6.07) is 13.6. The van der Waals surface area contributed by atoms with Crippen LogP contribution in [0.2, 0.25) is 0 Å². The predicted octanol–water partition coefficient (Wildman–Crippen LogP) is 3.75. The molecule has 3 aromatic rings. The van der Waals surface area contributed by atoms with Crippen LogP contribution < -0.4 is 8.37 Å². The van der Waals surface area contributed by atoms with E-state index in [0.29, 0.717) is 0 Å². The minimum absolute atomic E-state index is 0.189. The van der Waals surface area contributed by atoms with Gasteiger partial charge in [0, 0.05) is 0 Å². The zero-order valence-corrected chi connectivity index (χ0v) is 19.0. The van der Waals surface area contributed by atoms with Crippen LogP contribution in [0.5, 0.6) is 17.2 Å². The minimum Gasteiger partial charge on any atom is -0.504 e. The number of hydrogen-bond acceptors (Lipinski definition) is 8. The van der Waals surface area contributed by atoms with E-state index < -0.39 is 43.3 Å². The smallest absolute Gasteiger partial charge is 0.339 e. The lowest BCUT2D eigenvalue weighted by atomic mass is 10.1. The number of ketones is 1. The maximum Gasteiger partial charge on any atom is 0.339 e. The van der Waals surface area contributed by atoms with Crippen molar-refractivity contribution in [2.24, 2.45) is 0 Å². The molecule has 0 aliphatic rings. The molecule has 0 radical (unpaired) electrons. The Kier molecular flexibility index (Phi) is 6.29. The van der Waals surface area contributed by atoms with Gasteiger partial charge in [0.25, 0.3) is 0 Å². The Morgan fingerprint density at radius 2 is 1.16 bits per heavy atom. The van der Waals surface area contributed by atoms with E-state index in [2.05, 4.69) is 0 Å². The first kappa shape index (κ1) is 23.3. The van der Waals surface area contributed by atoms with Crippen molar-refractivity contribution < 1.29 is 35.1 Å². The molecular formula is C22H20O8S2. The van der Waals surface area contributed by atoms with E-state index in [0.717, 1.165) is 30.2 Å². The summed E-state index contributed by atoms with van der Waals surface area (Å²) in [5.74, 6) is -2.85. The molecule has 0 amide bonds. The van der Waals surface area contributed by atoms with Gasteiger partial charge in [-0.05, 0) is 57.2 Å². The SMILES string of the molecule is CC(=O)c1ccc(OS(=O)(=O)c2ccc(C)cc2)c(OS(=O)(=O)c2ccc(C)cc2)c1O. The Balaban J connectivity index is 2.09. The highest BCUT2D eigenvalue weighted by Crippen LogP contribution is 2.42. The number of benzene rings is 3. The molecule has 0 bridgehead atoms. The Labute approximate surface area is 186 Å². The third-order valence-electron chi connectivity index (χ3n) is 4.49. The summed E-state index contributed by atoms with van der Waals surface area (Å²) < 4.78 is 61.0. The van der Waals surface area contributed by atoms with Crippen molar-refractivity contribution in [1.29, 1.82) is 0 Å². The maximum atomic E-state index is 12.7. The third kappa shape index (κ3) is 4.92. The van der Waals surface area contributed by atoms with Crippen molar-refractivity contribution in [3.63, 3.8) is 0 Å². The molecule has 0 saturated heterocycles. The highest BCUT2D eigenvalue weighted by molar-refractivity contribution is 7.87. The lowest BCUT2D eigenvalue weighted by Crippen LogP contribution is -2.14. The molecule has 0 aromatic heterocycles. The second-order valence-electron chi connectivity index (χ2n) is 7.05. The van der Waals surface area contributed by atoms with Crippen LogP contribution in [0.15, 0.2) is 70.5 Å².